The fourth-order valence-electron chi connectivity index (χ4n) is 3.38. The molecule has 1 saturated heterocycles. The van der Waals surface area contributed by atoms with E-state index < -0.39 is 8.32 Å². The molecule has 0 radical (unpaired) electrons. The molecule has 0 aromatic heterocycles. The highest BCUT2D eigenvalue weighted by Crippen LogP contribution is 2.36. The Hall–Kier alpha value is -0.883. The number of hydrogen-bond donors (Lipinski definition) is 1. The monoisotopic (exact) mass is 361 g/mol. The first-order valence-corrected chi connectivity index (χ1v) is 12.6. The number of fused-ring (bicyclic) bond motifs is 1. The Morgan fingerprint density at radius 2 is 1.76 bits per heavy atom. The van der Waals surface area contributed by atoms with Gasteiger partial charge in [0.05, 0.1) is 0 Å². The van der Waals surface area contributed by atoms with Crippen molar-refractivity contribution in [1.82, 2.24) is 10.2 Å². The van der Waals surface area contributed by atoms with Crippen LogP contribution in [0, 0.1) is 0 Å². The molecular weight excluding hydrogens is 326 g/mol. The van der Waals surface area contributed by atoms with Crippen LogP contribution in [0.2, 0.25) is 18.1 Å². The van der Waals surface area contributed by atoms with Crippen molar-refractivity contribution in [2.24, 2.45) is 0 Å². The van der Waals surface area contributed by atoms with Gasteiger partial charge in [-0.2, -0.15) is 0 Å². The highest BCUT2D eigenvalue weighted by Gasteiger charge is 2.37. The standard InChI is InChI=1S/C20H35N3OSi/c1-20(2,3)25(4,5)24-13-12-22-15-17-6-7-19(14-18(17)16-22)23-10-8-21-9-11-23/h6-7,14,21H,8-13,15-16H2,1-5H3. The molecule has 3 rings (SSSR count). The van der Waals surface area contributed by atoms with E-state index in [-0.39, 0.29) is 0 Å². The van der Waals surface area contributed by atoms with Gasteiger partial charge in [-0.3, -0.25) is 4.90 Å². The smallest absolute Gasteiger partial charge is 0.192 e. The zero-order valence-electron chi connectivity index (χ0n) is 16.7. The topological polar surface area (TPSA) is 27.7 Å². The van der Waals surface area contributed by atoms with Gasteiger partial charge in [-0.1, -0.05) is 26.8 Å². The molecule has 0 amide bonds. The van der Waals surface area contributed by atoms with Crippen molar-refractivity contribution >= 4 is 14.0 Å². The molecule has 1 aromatic rings. The Morgan fingerprint density at radius 3 is 2.44 bits per heavy atom. The summed E-state index contributed by atoms with van der Waals surface area (Å²) in [5, 5.41) is 3.72. The van der Waals surface area contributed by atoms with Crippen LogP contribution in [0.5, 0.6) is 0 Å². The average molecular weight is 362 g/mol. The van der Waals surface area contributed by atoms with Crippen LogP contribution in [0.25, 0.3) is 0 Å². The lowest BCUT2D eigenvalue weighted by atomic mass is 10.1. The summed E-state index contributed by atoms with van der Waals surface area (Å²) in [6.45, 7) is 20.0. The molecule has 2 heterocycles. The predicted molar refractivity (Wildman–Crippen MR) is 109 cm³/mol. The van der Waals surface area contributed by atoms with Gasteiger partial charge in [0, 0.05) is 58.1 Å². The molecule has 140 valence electrons. The summed E-state index contributed by atoms with van der Waals surface area (Å²) in [4.78, 5) is 5.03. The van der Waals surface area contributed by atoms with Crippen LogP contribution in [0.4, 0.5) is 5.69 Å². The van der Waals surface area contributed by atoms with Crippen molar-refractivity contribution in [3.8, 4) is 0 Å². The first-order chi connectivity index (χ1) is 11.8. The van der Waals surface area contributed by atoms with E-state index in [1.165, 1.54) is 16.8 Å². The zero-order chi connectivity index (χ0) is 18.1. The number of nitrogens with zero attached hydrogens (tertiary/aromatic N) is 2. The van der Waals surface area contributed by atoms with Crippen LogP contribution in [0.1, 0.15) is 31.9 Å². The molecule has 0 bridgehead atoms. The van der Waals surface area contributed by atoms with Crippen LogP contribution < -0.4 is 10.2 Å². The Balaban J connectivity index is 1.53. The number of rotatable bonds is 5. The minimum Gasteiger partial charge on any atom is -0.416 e. The third-order valence-electron chi connectivity index (χ3n) is 6.14. The summed E-state index contributed by atoms with van der Waals surface area (Å²) in [6.07, 6.45) is 0. The summed E-state index contributed by atoms with van der Waals surface area (Å²) in [7, 11) is -1.63. The Labute approximate surface area is 154 Å². The summed E-state index contributed by atoms with van der Waals surface area (Å²) in [5.41, 5.74) is 4.38. The van der Waals surface area contributed by atoms with Crippen LogP contribution in [-0.2, 0) is 17.5 Å². The van der Waals surface area contributed by atoms with Crippen LogP contribution >= 0.6 is 0 Å². The maximum absolute atomic E-state index is 6.36. The van der Waals surface area contributed by atoms with Gasteiger partial charge >= 0.3 is 0 Å². The van der Waals surface area contributed by atoms with Crippen molar-refractivity contribution in [3.05, 3.63) is 29.3 Å². The van der Waals surface area contributed by atoms with E-state index in [2.05, 4.69) is 67.2 Å². The van der Waals surface area contributed by atoms with Gasteiger partial charge in [-0.15, -0.1) is 0 Å². The molecule has 0 spiro atoms. The molecule has 2 aliphatic heterocycles. The molecule has 2 aliphatic rings. The average Bonchev–Trinajstić information content (AvgIpc) is 2.96. The lowest BCUT2D eigenvalue weighted by Crippen LogP contribution is -2.43. The maximum Gasteiger partial charge on any atom is 0.192 e. The van der Waals surface area contributed by atoms with Gasteiger partial charge in [-0.25, -0.2) is 0 Å². The molecule has 1 fully saturated rings. The number of benzene rings is 1. The first-order valence-electron chi connectivity index (χ1n) is 9.70. The second-order valence-corrected chi connectivity index (χ2v) is 13.8. The van der Waals surface area contributed by atoms with Gasteiger partial charge in [0.25, 0.3) is 0 Å². The van der Waals surface area contributed by atoms with E-state index in [0.717, 1.165) is 52.4 Å². The molecule has 1 aromatic carbocycles. The van der Waals surface area contributed by atoms with E-state index in [0.29, 0.717) is 5.04 Å². The molecule has 1 N–H and O–H groups in total. The fraction of sp³-hybridized carbons (Fsp3) is 0.700. The van der Waals surface area contributed by atoms with Gasteiger partial charge in [0.1, 0.15) is 0 Å². The van der Waals surface area contributed by atoms with Crippen molar-refractivity contribution in [3.63, 3.8) is 0 Å². The molecular formula is C20H35N3OSi. The third-order valence-corrected chi connectivity index (χ3v) is 10.7. The molecule has 0 atom stereocenters. The second-order valence-electron chi connectivity index (χ2n) is 9.01. The van der Waals surface area contributed by atoms with E-state index in [9.17, 15) is 0 Å². The SMILES string of the molecule is CC(C)(C)[Si](C)(C)OCCN1Cc2ccc(N3CCNCC3)cc2C1. The lowest BCUT2D eigenvalue weighted by molar-refractivity contribution is 0.200. The Bertz CT molecular complexity index is 591. The summed E-state index contributed by atoms with van der Waals surface area (Å²) in [5.74, 6) is 0. The third kappa shape index (κ3) is 4.45. The van der Waals surface area contributed by atoms with Crippen molar-refractivity contribution in [2.45, 2.75) is 52.0 Å². The quantitative estimate of drug-likeness (QED) is 0.813. The molecule has 0 aliphatic carbocycles. The minimum atomic E-state index is -1.63. The van der Waals surface area contributed by atoms with Crippen molar-refractivity contribution < 1.29 is 4.43 Å². The van der Waals surface area contributed by atoms with E-state index in [4.69, 9.17) is 4.43 Å². The Morgan fingerprint density at radius 1 is 1.08 bits per heavy atom. The Kier molecular flexibility index (Phi) is 5.59. The molecule has 4 nitrogen and oxygen atoms in total. The maximum atomic E-state index is 6.36. The van der Waals surface area contributed by atoms with Crippen LogP contribution in [-0.4, -0.2) is 52.5 Å². The summed E-state index contributed by atoms with van der Waals surface area (Å²) < 4.78 is 6.36. The zero-order valence-corrected chi connectivity index (χ0v) is 17.7. The molecule has 0 saturated carbocycles. The molecule has 0 unspecified atom stereocenters. The summed E-state index contributed by atoms with van der Waals surface area (Å²) in [6, 6.07) is 7.05. The van der Waals surface area contributed by atoms with Gasteiger partial charge in [0.15, 0.2) is 8.32 Å². The highest BCUT2D eigenvalue weighted by molar-refractivity contribution is 6.74. The van der Waals surface area contributed by atoms with Gasteiger partial charge in [-0.05, 0) is 41.4 Å². The van der Waals surface area contributed by atoms with E-state index in [1.54, 1.807) is 0 Å². The van der Waals surface area contributed by atoms with Crippen LogP contribution in [0.15, 0.2) is 18.2 Å². The van der Waals surface area contributed by atoms with Crippen molar-refractivity contribution in [1.29, 1.82) is 0 Å². The first kappa shape index (κ1) is 18.9. The predicted octanol–water partition coefficient (Wildman–Crippen LogP) is 3.43. The normalized spacial score (nSPS) is 19.3. The number of hydrogen-bond acceptors (Lipinski definition) is 4. The second kappa shape index (κ2) is 7.39. The number of anilines is 1. The van der Waals surface area contributed by atoms with Crippen LogP contribution in [0.3, 0.4) is 0 Å². The molecule has 5 heteroatoms. The van der Waals surface area contributed by atoms with E-state index >= 15 is 0 Å². The van der Waals surface area contributed by atoms with Gasteiger partial charge < -0.3 is 14.6 Å². The van der Waals surface area contributed by atoms with Gasteiger partial charge in [0.2, 0.25) is 0 Å². The minimum absolute atomic E-state index is 0.291. The fourth-order valence-corrected chi connectivity index (χ4v) is 4.41. The number of nitrogens with one attached hydrogen (secondary N) is 1. The number of piperazine rings is 1. The largest absolute Gasteiger partial charge is 0.416 e. The molecule has 25 heavy (non-hydrogen) atoms. The van der Waals surface area contributed by atoms with E-state index in [1.807, 2.05) is 0 Å². The van der Waals surface area contributed by atoms with Crippen molar-refractivity contribution in [2.75, 3.05) is 44.2 Å². The highest BCUT2D eigenvalue weighted by atomic mass is 28.4. The lowest BCUT2D eigenvalue weighted by Gasteiger charge is -2.36. The summed E-state index contributed by atoms with van der Waals surface area (Å²) >= 11 is 0.